The maximum absolute atomic E-state index is 13.1. The largest absolute Gasteiger partial charge is 0.332 e. The summed E-state index contributed by atoms with van der Waals surface area (Å²) in [5.41, 5.74) is 1.26. The van der Waals surface area contributed by atoms with Gasteiger partial charge in [0.2, 0.25) is 5.95 Å². The first-order valence-corrected chi connectivity index (χ1v) is 8.96. The Hall–Kier alpha value is -2.38. The molecule has 2 aromatic rings. The van der Waals surface area contributed by atoms with E-state index in [2.05, 4.69) is 17.0 Å². The van der Waals surface area contributed by atoms with Crippen LogP contribution in [0, 0.1) is 0 Å². The highest BCUT2D eigenvalue weighted by Gasteiger charge is 2.30. The second kappa shape index (κ2) is 6.50. The molecule has 3 rings (SSSR count). The first-order valence-electron chi connectivity index (χ1n) is 8.96. The third-order valence-corrected chi connectivity index (χ3v) is 4.83. The SMILES string of the molecule is CCCCn1c(=O)c2c(nc3n2[C@H](C)C(C)=NN3CCC)n(C)c1=O. The number of hydrogen-bond acceptors (Lipinski definition) is 5. The number of anilines is 1. The molecule has 2 aromatic heterocycles. The smallest absolute Gasteiger partial charge is 0.294 e. The molecule has 136 valence electrons. The van der Waals surface area contributed by atoms with Crippen LogP contribution in [-0.4, -0.2) is 30.9 Å². The molecule has 0 aliphatic carbocycles. The number of aryl methyl sites for hydroxylation is 1. The standard InChI is InChI=1S/C17H26N6O2/c1-6-8-10-21-15(24)13-14(20(5)17(21)25)18-16-22(9-7-2)19-11(3)12(4)23(13)16/h12H,6-10H2,1-5H3/t12-/m1/s1. The molecule has 8 heteroatoms. The zero-order valence-corrected chi connectivity index (χ0v) is 15.6. The van der Waals surface area contributed by atoms with Crippen molar-refractivity contribution >= 4 is 22.8 Å². The zero-order valence-electron chi connectivity index (χ0n) is 15.6. The van der Waals surface area contributed by atoms with Crippen LogP contribution in [0.25, 0.3) is 11.2 Å². The number of unbranched alkanes of at least 4 members (excludes halogenated alkanes) is 1. The Morgan fingerprint density at radius 1 is 1.12 bits per heavy atom. The second-order valence-electron chi connectivity index (χ2n) is 6.65. The van der Waals surface area contributed by atoms with E-state index in [1.165, 1.54) is 9.13 Å². The highest BCUT2D eigenvalue weighted by atomic mass is 16.2. The van der Waals surface area contributed by atoms with Gasteiger partial charge in [0.05, 0.1) is 11.8 Å². The molecular weight excluding hydrogens is 320 g/mol. The average molecular weight is 346 g/mol. The molecule has 0 bridgehead atoms. The number of aromatic nitrogens is 4. The molecule has 0 saturated carbocycles. The van der Waals surface area contributed by atoms with Crippen molar-refractivity contribution in [2.24, 2.45) is 12.1 Å². The van der Waals surface area contributed by atoms with Gasteiger partial charge in [-0.2, -0.15) is 10.1 Å². The molecule has 3 heterocycles. The Morgan fingerprint density at radius 3 is 2.48 bits per heavy atom. The van der Waals surface area contributed by atoms with Gasteiger partial charge < -0.3 is 0 Å². The van der Waals surface area contributed by atoms with Crippen LogP contribution in [0.2, 0.25) is 0 Å². The molecule has 0 unspecified atom stereocenters. The van der Waals surface area contributed by atoms with Gasteiger partial charge in [0.15, 0.2) is 11.2 Å². The maximum Gasteiger partial charge on any atom is 0.332 e. The third kappa shape index (κ3) is 2.60. The fourth-order valence-electron chi connectivity index (χ4n) is 3.26. The van der Waals surface area contributed by atoms with Crippen molar-refractivity contribution < 1.29 is 0 Å². The molecule has 1 aliphatic heterocycles. The summed E-state index contributed by atoms with van der Waals surface area (Å²) in [6.45, 7) is 9.22. The number of nitrogens with zero attached hydrogens (tertiary/aromatic N) is 6. The third-order valence-electron chi connectivity index (χ3n) is 4.83. The van der Waals surface area contributed by atoms with Crippen LogP contribution >= 0.6 is 0 Å². The molecule has 0 radical (unpaired) electrons. The molecule has 0 aromatic carbocycles. The van der Waals surface area contributed by atoms with Gasteiger partial charge >= 0.3 is 5.69 Å². The Labute approximate surface area is 146 Å². The van der Waals surface area contributed by atoms with E-state index in [0.717, 1.165) is 25.0 Å². The van der Waals surface area contributed by atoms with Crippen LogP contribution in [0.15, 0.2) is 14.7 Å². The molecule has 1 atom stereocenters. The van der Waals surface area contributed by atoms with E-state index >= 15 is 0 Å². The summed E-state index contributed by atoms with van der Waals surface area (Å²) in [4.78, 5) is 30.3. The summed E-state index contributed by atoms with van der Waals surface area (Å²) in [5.74, 6) is 0.635. The van der Waals surface area contributed by atoms with Gasteiger partial charge in [-0.1, -0.05) is 20.3 Å². The predicted molar refractivity (Wildman–Crippen MR) is 99.6 cm³/mol. The molecule has 8 nitrogen and oxygen atoms in total. The number of rotatable bonds is 5. The molecule has 0 spiro atoms. The molecular formula is C17H26N6O2. The van der Waals surface area contributed by atoms with Gasteiger partial charge in [-0.3, -0.25) is 18.5 Å². The van der Waals surface area contributed by atoms with Crippen molar-refractivity contribution in [3.8, 4) is 0 Å². The quantitative estimate of drug-likeness (QED) is 0.828. The van der Waals surface area contributed by atoms with E-state index < -0.39 is 0 Å². The van der Waals surface area contributed by atoms with Gasteiger partial charge in [0.1, 0.15) is 0 Å². The van der Waals surface area contributed by atoms with Crippen molar-refractivity contribution in [3.05, 3.63) is 20.8 Å². The highest BCUT2D eigenvalue weighted by Crippen LogP contribution is 2.29. The fourth-order valence-corrected chi connectivity index (χ4v) is 3.26. The van der Waals surface area contributed by atoms with Crippen LogP contribution in [-0.2, 0) is 13.6 Å². The van der Waals surface area contributed by atoms with E-state index in [1.807, 2.05) is 30.3 Å². The Morgan fingerprint density at radius 2 is 1.84 bits per heavy atom. The van der Waals surface area contributed by atoms with Crippen LogP contribution in [0.1, 0.15) is 53.0 Å². The minimum atomic E-state index is -0.311. The number of hydrazone groups is 1. The van der Waals surface area contributed by atoms with Crippen LogP contribution in [0.5, 0.6) is 0 Å². The number of fused-ring (bicyclic) bond motifs is 3. The highest BCUT2D eigenvalue weighted by molar-refractivity contribution is 5.90. The first-order chi connectivity index (χ1) is 11.9. The Balaban J connectivity index is 2.34. The van der Waals surface area contributed by atoms with Crippen molar-refractivity contribution in [1.82, 2.24) is 18.7 Å². The Kier molecular flexibility index (Phi) is 4.53. The first kappa shape index (κ1) is 17.4. The summed E-state index contributed by atoms with van der Waals surface area (Å²) in [5, 5.41) is 6.44. The van der Waals surface area contributed by atoms with E-state index in [0.29, 0.717) is 30.2 Å². The normalized spacial score (nSPS) is 17.1. The molecule has 0 N–H and O–H groups in total. The number of imidazole rings is 1. The lowest BCUT2D eigenvalue weighted by atomic mass is 10.2. The van der Waals surface area contributed by atoms with Gasteiger partial charge in [-0.15, -0.1) is 0 Å². The van der Waals surface area contributed by atoms with Crippen molar-refractivity contribution in [3.63, 3.8) is 0 Å². The summed E-state index contributed by atoms with van der Waals surface area (Å²) < 4.78 is 4.74. The Bertz CT molecular complexity index is 949. The topological polar surface area (TPSA) is 77.4 Å². The lowest BCUT2D eigenvalue weighted by Crippen LogP contribution is -2.40. The van der Waals surface area contributed by atoms with E-state index in [9.17, 15) is 9.59 Å². The minimum Gasteiger partial charge on any atom is -0.294 e. The summed E-state index contributed by atoms with van der Waals surface area (Å²) >= 11 is 0. The van der Waals surface area contributed by atoms with Crippen LogP contribution < -0.4 is 16.3 Å². The summed E-state index contributed by atoms with van der Waals surface area (Å²) in [6, 6.07) is -0.0714. The maximum atomic E-state index is 13.1. The lowest BCUT2D eigenvalue weighted by Gasteiger charge is -2.28. The van der Waals surface area contributed by atoms with E-state index in [1.54, 1.807) is 7.05 Å². The van der Waals surface area contributed by atoms with E-state index in [4.69, 9.17) is 0 Å². The second-order valence-corrected chi connectivity index (χ2v) is 6.65. The van der Waals surface area contributed by atoms with Crippen molar-refractivity contribution in [2.75, 3.05) is 11.6 Å². The molecule has 0 saturated heterocycles. The van der Waals surface area contributed by atoms with Crippen LogP contribution in [0.4, 0.5) is 5.95 Å². The lowest BCUT2D eigenvalue weighted by molar-refractivity contribution is 0.562. The zero-order chi connectivity index (χ0) is 18.3. The van der Waals surface area contributed by atoms with Crippen LogP contribution in [0.3, 0.4) is 0 Å². The molecule has 0 fully saturated rings. The van der Waals surface area contributed by atoms with Gasteiger partial charge in [-0.05, 0) is 26.7 Å². The van der Waals surface area contributed by atoms with Crippen molar-refractivity contribution in [2.45, 2.75) is 59.5 Å². The minimum absolute atomic E-state index is 0.0714. The molecule has 0 amide bonds. The van der Waals surface area contributed by atoms with E-state index in [-0.39, 0.29) is 17.3 Å². The predicted octanol–water partition coefficient (Wildman–Crippen LogP) is 1.86. The van der Waals surface area contributed by atoms with Crippen molar-refractivity contribution in [1.29, 1.82) is 0 Å². The van der Waals surface area contributed by atoms with Gasteiger partial charge in [0.25, 0.3) is 5.56 Å². The fraction of sp³-hybridized carbons (Fsp3) is 0.647. The van der Waals surface area contributed by atoms with Gasteiger partial charge in [0, 0.05) is 20.1 Å². The monoisotopic (exact) mass is 346 g/mol. The summed E-state index contributed by atoms with van der Waals surface area (Å²) in [7, 11) is 1.67. The molecule has 1 aliphatic rings. The van der Waals surface area contributed by atoms with Gasteiger partial charge in [-0.25, -0.2) is 9.80 Å². The summed E-state index contributed by atoms with van der Waals surface area (Å²) in [6.07, 6.45) is 2.62. The molecule has 25 heavy (non-hydrogen) atoms. The number of hydrogen-bond donors (Lipinski definition) is 0. The average Bonchev–Trinajstić information content (AvgIpc) is 2.99.